The first-order chi connectivity index (χ1) is 10.6. The third-order valence-electron chi connectivity index (χ3n) is 3.05. The van der Waals surface area contributed by atoms with E-state index in [-0.39, 0.29) is 0 Å². The molecule has 0 aliphatic carbocycles. The second-order valence-corrected chi connectivity index (χ2v) is 5.04. The first-order valence-corrected chi connectivity index (χ1v) is 6.66. The molecule has 8 nitrogen and oxygen atoms in total. The quantitative estimate of drug-likeness (QED) is 0.727. The Kier molecular flexibility index (Phi) is 3.42. The van der Waals surface area contributed by atoms with Crippen molar-refractivity contribution in [2.45, 2.75) is 6.92 Å². The first kappa shape index (κ1) is 13.9. The van der Waals surface area contributed by atoms with Gasteiger partial charge in [-0.1, -0.05) is 0 Å². The molecule has 3 rings (SSSR count). The summed E-state index contributed by atoms with van der Waals surface area (Å²) in [6.45, 7) is 1.79. The smallest absolute Gasteiger partial charge is 0.170 e. The van der Waals surface area contributed by atoms with Gasteiger partial charge in [0.15, 0.2) is 17.8 Å². The van der Waals surface area contributed by atoms with Gasteiger partial charge in [-0.05, 0) is 19.2 Å². The zero-order valence-electron chi connectivity index (χ0n) is 12.5. The molecule has 0 atom stereocenters. The maximum absolute atomic E-state index is 11.2. The van der Waals surface area contributed by atoms with Crippen LogP contribution in [0.3, 0.4) is 0 Å². The summed E-state index contributed by atoms with van der Waals surface area (Å²) < 4.78 is 1.58. The summed E-state index contributed by atoms with van der Waals surface area (Å²) in [6, 6.07) is 0. The number of hydrogen-bond acceptors (Lipinski definition) is 6. The summed E-state index contributed by atoms with van der Waals surface area (Å²) in [5.41, 5.74) is 1.71. The van der Waals surface area contributed by atoms with E-state index >= 15 is 0 Å². The third-order valence-corrected chi connectivity index (χ3v) is 3.05. The highest BCUT2D eigenvalue weighted by Gasteiger charge is 2.13. The number of H-pyrrole nitrogens is 1. The molecule has 112 valence electrons. The lowest BCUT2D eigenvalue weighted by Crippen LogP contribution is -2.02. The summed E-state index contributed by atoms with van der Waals surface area (Å²) in [6.07, 6.45) is 7.81. The summed E-state index contributed by atoms with van der Waals surface area (Å²) in [7, 11) is 3.81. The molecule has 3 aromatic rings. The van der Waals surface area contributed by atoms with Gasteiger partial charge in [-0.15, -0.1) is 0 Å². The van der Waals surface area contributed by atoms with Gasteiger partial charge in [-0.25, -0.2) is 14.6 Å². The van der Waals surface area contributed by atoms with E-state index in [9.17, 15) is 4.79 Å². The zero-order valence-corrected chi connectivity index (χ0v) is 12.5. The number of nitrogens with zero attached hydrogens (tertiary/aromatic N) is 6. The predicted octanol–water partition coefficient (Wildman–Crippen LogP) is 1.19. The molecule has 0 spiro atoms. The average Bonchev–Trinajstić information content (AvgIpc) is 3.10. The van der Waals surface area contributed by atoms with Gasteiger partial charge in [-0.3, -0.25) is 9.89 Å². The van der Waals surface area contributed by atoms with Gasteiger partial charge in [0.1, 0.15) is 11.5 Å². The molecule has 0 radical (unpaired) electrons. The van der Waals surface area contributed by atoms with Gasteiger partial charge < -0.3 is 4.90 Å². The lowest BCUT2D eigenvalue weighted by atomic mass is 10.2. The molecule has 0 saturated heterocycles. The lowest BCUT2D eigenvalue weighted by Gasteiger charge is -2.02. The molecule has 0 saturated carbocycles. The van der Waals surface area contributed by atoms with E-state index < -0.39 is 0 Å². The Bertz CT molecular complexity index is 859. The summed E-state index contributed by atoms with van der Waals surface area (Å²) >= 11 is 0. The fourth-order valence-corrected chi connectivity index (χ4v) is 2.06. The van der Waals surface area contributed by atoms with Crippen LogP contribution in [0.25, 0.3) is 22.9 Å². The van der Waals surface area contributed by atoms with Gasteiger partial charge >= 0.3 is 0 Å². The van der Waals surface area contributed by atoms with Gasteiger partial charge in [-0.2, -0.15) is 10.2 Å². The van der Waals surface area contributed by atoms with Crippen molar-refractivity contribution in [2.24, 2.45) is 0 Å². The van der Waals surface area contributed by atoms with Crippen molar-refractivity contribution < 1.29 is 4.79 Å². The van der Waals surface area contributed by atoms with Crippen LogP contribution in [0, 0.1) is 6.92 Å². The molecule has 0 aromatic carbocycles. The molecule has 3 heterocycles. The number of fused-ring (bicyclic) bond motifs is 1. The van der Waals surface area contributed by atoms with Crippen molar-refractivity contribution in [3.8, 4) is 5.82 Å². The van der Waals surface area contributed by atoms with Crippen LogP contribution in [0.5, 0.6) is 0 Å². The second-order valence-electron chi connectivity index (χ2n) is 5.04. The highest BCUT2D eigenvalue weighted by molar-refractivity contribution is 5.83. The number of aryl methyl sites for hydroxylation is 1. The van der Waals surface area contributed by atoms with Gasteiger partial charge in [0, 0.05) is 25.9 Å². The van der Waals surface area contributed by atoms with Crippen molar-refractivity contribution >= 4 is 23.4 Å². The average molecular weight is 297 g/mol. The van der Waals surface area contributed by atoms with E-state index in [0.29, 0.717) is 23.0 Å². The standard InChI is InChI=1S/C14H15N7O/c1-9-16-13-11(6-15-18-13)14(17-9)21-7-10(4-5-20(2)3)12(8-22)19-21/h4-8H,1-3H3,(H,15,16,17,18)/b5-4-. The van der Waals surface area contributed by atoms with Crippen LogP contribution in [-0.4, -0.2) is 55.2 Å². The van der Waals surface area contributed by atoms with E-state index in [2.05, 4.69) is 25.3 Å². The van der Waals surface area contributed by atoms with E-state index in [1.807, 2.05) is 31.3 Å². The minimum absolute atomic E-state index is 0.353. The lowest BCUT2D eigenvalue weighted by molar-refractivity contribution is 0.111. The van der Waals surface area contributed by atoms with Crippen LogP contribution in [0.2, 0.25) is 0 Å². The highest BCUT2D eigenvalue weighted by atomic mass is 16.1. The highest BCUT2D eigenvalue weighted by Crippen LogP contribution is 2.18. The van der Waals surface area contributed by atoms with Crippen LogP contribution < -0.4 is 0 Å². The molecule has 0 unspecified atom stereocenters. The summed E-state index contributed by atoms with van der Waals surface area (Å²) in [5.74, 6) is 1.18. The predicted molar refractivity (Wildman–Crippen MR) is 81.7 cm³/mol. The number of carbonyl (C=O) groups is 1. The minimum atomic E-state index is 0.353. The number of nitrogens with one attached hydrogen (secondary N) is 1. The topological polar surface area (TPSA) is 92.6 Å². The van der Waals surface area contributed by atoms with E-state index in [1.165, 1.54) is 0 Å². The molecule has 1 N–H and O–H groups in total. The molecule has 0 aliphatic heterocycles. The maximum atomic E-state index is 11.2. The van der Waals surface area contributed by atoms with Crippen molar-refractivity contribution in [2.75, 3.05) is 14.1 Å². The molecule has 0 fully saturated rings. The Morgan fingerprint density at radius 3 is 2.86 bits per heavy atom. The Hall–Kier alpha value is -3.03. The van der Waals surface area contributed by atoms with Crippen LogP contribution in [0.1, 0.15) is 21.9 Å². The number of carbonyl (C=O) groups excluding carboxylic acids is 1. The maximum Gasteiger partial charge on any atom is 0.170 e. The van der Waals surface area contributed by atoms with Crippen molar-refractivity contribution in [1.29, 1.82) is 0 Å². The van der Waals surface area contributed by atoms with Crippen molar-refractivity contribution in [3.63, 3.8) is 0 Å². The summed E-state index contributed by atoms with van der Waals surface area (Å²) in [4.78, 5) is 21.8. The van der Waals surface area contributed by atoms with Crippen molar-refractivity contribution in [1.82, 2.24) is 34.8 Å². The summed E-state index contributed by atoms with van der Waals surface area (Å²) in [5, 5.41) is 11.8. The van der Waals surface area contributed by atoms with Gasteiger partial charge in [0.2, 0.25) is 0 Å². The normalized spacial score (nSPS) is 11.4. The molecule has 0 aliphatic rings. The van der Waals surface area contributed by atoms with Crippen molar-refractivity contribution in [3.05, 3.63) is 35.7 Å². The Morgan fingerprint density at radius 1 is 1.32 bits per heavy atom. The number of aromatic amines is 1. The number of aromatic nitrogens is 6. The molecule has 22 heavy (non-hydrogen) atoms. The van der Waals surface area contributed by atoms with Crippen LogP contribution in [0.4, 0.5) is 0 Å². The monoisotopic (exact) mass is 297 g/mol. The van der Waals surface area contributed by atoms with E-state index in [0.717, 1.165) is 17.2 Å². The van der Waals surface area contributed by atoms with E-state index in [4.69, 9.17) is 0 Å². The molecular weight excluding hydrogens is 282 g/mol. The fourth-order valence-electron chi connectivity index (χ4n) is 2.06. The Balaban J connectivity index is 2.15. The molecule has 0 amide bonds. The minimum Gasteiger partial charge on any atom is -0.383 e. The van der Waals surface area contributed by atoms with Crippen LogP contribution >= 0.6 is 0 Å². The number of aldehydes is 1. The van der Waals surface area contributed by atoms with E-state index in [1.54, 1.807) is 24.0 Å². The van der Waals surface area contributed by atoms with Crippen LogP contribution in [0.15, 0.2) is 18.6 Å². The number of hydrogen-bond donors (Lipinski definition) is 1. The first-order valence-electron chi connectivity index (χ1n) is 6.66. The Labute approximate surface area is 126 Å². The molecule has 0 bridgehead atoms. The molecule has 3 aromatic heterocycles. The van der Waals surface area contributed by atoms with Gasteiger partial charge in [0.25, 0.3) is 0 Å². The fraction of sp³-hybridized carbons (Fsp3) is 0.214. The zero-order chi connectivity index (χ0) is 15.7. The molecular formula is C14H15N7O. The van der Waals surface area contributed by atoms with Crippen LogP contribution in [-0.2, 0) is 0 Å². The molecule has 8 heteroatoms. The SMILES string of the molecule is Cc1nc(-n2cc(/C=C\N(C)C)c(C=O)n2)c2cn[nH]c2n1. The van der Waals surface area contributed by atoms with Gasteiger partial charge in [0.05, 0.1) is 11.6 Å². The number of rotatable bonds is 4. The Morgan fingerprint density at radius 2 is 2.14 bits per heavy atom. The largest absolute Gasteiger partial charge is 0.383 e. The second kappa shape index (κ2) is 5.40. The third kappa shape index (κ3) is 2.46.